The summed E-state index contributed by atoms with van der Waals surface area (Å²) < 4.78 is 0. The molecule has 0 aromatic rings. The highest BCUT2D eigenvalue weighted by molar-refractivity contribution is 5.83. The highest BCUT2D eigenvalue weighted by atomic mass is 16.4. The van der Waals surface area contributed by atoms with Crippen LogP contribution in [0.4, 0.5) is 4.79 Å². The number of aliphatic carboxylic acids is 2. The zero-order valence-electron chi connectivity index (χ0n) is 11.7. The zero-order valence-corrected chi connectivity index (χ0v) is 11.7. The summed E-state index contributed by atoms with van der Waals surface area (Å²) in [6.07, 6.45) is 2.62. The molecule has 2 heterocycles. The van der Waals surface area contributed by atoms with E-state index in [0.29, 0.717) is 6.04 Å². The van der Waals surface area contributed by atoms with Crippen molar-refractivity contribution in [3.63, 3.8) is 0 Å². The summed E-state index contributed by atoms with van der Waals surface area (Å²) in [6, 6.07) is -1.33. The molecule has 3 unspecified atom stereocenters. The smallest absolute Gasteiger partial charge is 0.326 e. The highest BCUT2D eigenvalue weighted by Crippen LogP contribution is 2.27. The number of carboxylic acid groups (broad SMARTS) is 2. The number of amides is 2. The molecule has 0 saturated carbocycles. The molecule has 2 aliphatic heterocycles. The van der Waals surface area contributed by atoms with E-state index in [-0.39, 0.29) is 18.9 Å². The number of carboxylic acids is 2. The van der Waals surface area contributed by atoms with Crippen molar-refractivity contribution in [2.24, 2.45) is 0 Å². The maximum Gasteiger partial charge on any atom is 0.326 e. The molecule has 3 atom stereocenters. The van der Waals surface area contributed by atoms with Gasteiger partial charge in [0, 0.05) is 25.0 Å². The lowest BCUT2D eigenvalue weighted by Crippen LogP contribution is -2.51. The van der Waals surface area contributed by atoms with Crippen molar-refractivity contribution in [3.05, 3.63) is 0 Å². The number of urea groups is 1. The van der Waals surface area contributed by atoms with E-state index in [1.165, 1.54) is 0 Å². The molecule has 0 bridgehead atoms. The van der Waals surface area contributed by atoms with E-state index in [2.05, 4.69) is 15.5 Å². The highest BCUT2D eigenvalue weighted by Gasteiger charge is 2.38. The maximum atomic E-state index is 11.9. The standard InChI is InChI=1S/C13H21N3O5/c17-11(18)4-3-9(12(19)20)15-13(21)14-8-5-7-16-6-1-2-10(8)16/h8-10H,1-7H2,(H,17,18)(H,19,20)(H2,14,15,21). The summed E-state index contributed by atoms with van der Waals surface area (Å²) in [6.45, 7) is 2.01. The lowest BCUT2D eigenvalue weighted by atomic mass is 10.1. The van der Waals surface area contributed by atoms with E-state index in [1.54, 1.807) is 0 Å². The van der Waals surface area contributed by atoms with E-state index in [1.807, 2.05) is 0 Å². The predicted molar refractivity (Wildman–Crippen MR) is 73.0 cm³/mol. The molecule has 0 radical (unpaired) electrons. The van der Waals surface area contributed by atoms with E-state index in [0.717, 1.165) is 32.4 Å². The van der Waals surface area contributed by atoms with Crippen LogP contribution in [0, 0.1) is 0 Å². The topological polar surface area (TPSA) is 119 Å². The minimum atomic E-state index is -1.22. The summed E-state index contributed by atoms with van der Waals surface area (Å²) in [5.41, 5.74) is 0. The van der Waals surface area contributed by atoms with Gasteiger partial charge in [-0.2, -0.15) is 0 Å². The average molecular weight is 299 g/mol. The molecule has 21 heavy (non-hydrogen) atoms. The third kappa shape index (κ3) is 4.07. The van der Waals surface area contributed by atoms with Gasteiger partial charge in [0.15, 0.2) is 0 Å². The van der Waals surface area contributed by atoms with E-state index < -0.39 is 24.0 Å². The Bertz CT molecular complexity index is 428. The Morgan fingerprint density at radius 2 is 1.95 bits per heavy atom. The molecule has 0 aliphatic carbocycles. The van der Waals surface area contributed by atoms with Gasteiger partial charge in [0.25, 0.3) is 0 Å². The number of rotatable bonds is 6. The second-order valence-corrected chi connectivity index (χ2v) is 5.58. The Morgan fingerprint density at radius 3 is 2.62 bits per heavy atom. The second-order valence-electron chi connectivity index (χ2n) is 5.58. The number of hydrogen-bond acceptors (Lipinski definition) is 4. The minimum Gasteiger partial charge on any atom is -0.481 e. The lowest BCUT2D eigenvalue weighted by molar-refractivity contribution is -0.140. The monoisotopic (exact) mass is 299 g/mol. The maximum absolute atomic E-state index is 11.9. The molecule has 2 saturated heterocycles. The van der Waals surface area contributed by atoms with Crippen molar-refractivity contribution in [3.8, 4) is 0 Å². The molecule has 2 fully saturated rings. The van der Waals surface area contributed by atoms with Gasteiger partial charge in [0.05, 0.1) is 0 Å². The summed E-state index contributed by atoms with van der Waals surface area (Å²) in [4.78, 5) is 35.7. The van der Waals surface area contributed by atoms with Crippen LogP contribution in [-0.2, 0) is 9.59 Å². The van der Waals surface area contributed by atoms with Gasteiger partial charge in [-0.25, -0.2) is 9.59 Å². The van der Waals surface area contributed by atoms with Gasteiger partial charge in [0.2, 0.25) is 0 Å². The van der Waals surface area contributed by atoms with Crippen LogP contribution < -0.4 is 10.6 Å². The SMILES string of the molecule is O=C(O)CCC(NC(=O)NC1CCN2CCCC12)C(=O)O. The van der Waals surface area contributed by atoms with Crippen LogP contribution in [0.25, 0.3) is 0 Å². The van der Waals surface area contributed by atoms with Crippen LogP contribution in [0.1, 0.15) is 32.1 Å². The van der Waals surface area contributed by atoms with Crippen molar-refractivity contribution in [1.29, 1.82) is 0 Å². The van der Waals surface area contributed by atoms with Gasteiger partial charge >= 0.3 is 18.0 Å². The summed E-state index contributed by atoms with van der Waals surface area (Å²) >= 11 is 0. The van der Waals surface area contributed by atoms with Gasteiger partial charge in [-0.1, -0.05) is 0 Å². The van der Waals surface area contributed by atoms with Gasteiger partial charge in [-0.3, -0.25) is 9.69 Å². The van der Waals surface area contributed by atoms with Crippen molar-refractivity contribution in [2.45, 2.75) is 50.2 Å². The van der Waals surface area contributed by atoms with E-state index >= 15 is 0 Å². The number of carbonyl (C=O) groups is 3. The normalized spacial score (nSPS) is 26.1. The Kier molecular flexibility index (Phi) is 5.00. The first-order valence-electron chi connectivity index (χ1n) is 7.23. The quantitative estimate of drug-likeness (QED) is 0.541. The number of nitrogens with zero attached hydrogens (tertiary/aromatic N) is 1. The van der Waals surface area contributed by atoms with Crippen LogP contribution in [0.3, 0.4) is 0 Å². The van der Waals surface area contributed by atoms with Crippen LogP contribution in [-0.4, -0.2) is 64.3 Å². The molecule has 8 heteroatoms. The van der Waals surface area contributed by atoms with Crippen LogP contribution in [0.5, 0.6) is 0 Å². The summed E-state index contributed by atoms with van der Waals surface area (Å²) in [5, 5.41) is 22.8. The van der Waals surface area contributed by atoms with Crippen molar-refractivity contribution in [2.75, 3.05) is 13.1 Å². The van der Waals surface area contributed by atoms with Crippen molar-refractivity contribution >= 4 is 18.0 Å². The first kappa shape index (κ1) is 15.6. The Balaban J connectivity index is 1.81. The second kappa shape index (κ2) is 6.75. The fourth-order valence-electron chi connectivity index (χ4n) is 3.14. The number of hydrogen-bond donors (Lipinski definition) is 4. The van der Waals surface area contributed by atoms with Crippen molar-refractivity contribution < 1.29 is 24.6 Å². The Labute approximate surface area is 122 Å². The van der Waals surface area contributed by atoms with Gasteiger partial charge < -0.3 is 20.8 Å². The molecule has 8 nitrogen and oxygen atoms in total. The van der Waals surface area contributed by atoms with E-state index in [4.69, 9.17) is 10.2 Å². The zero-order chi connectivity index (χ0) is 15.4. The number of carbonyl (C=O) groups excluding carboxylic acids is 1. The molecular weight excluding hydrogens is 278 g/mol. The molecule has 2 aliphatic rings. The Hall–Kier alpha value is -1.83. The minimum absolute atomic E-state index is 0.0430. The first-order valence-corrected chi connectivity index (χ1v) is 7.23. The average Bonchev–Trinajstić information content (AvgIpc) is 2.99. The first-order chi connectivity index (χ1) is 9.97. The fraction of sp³-hybridized carbons (Fsp3) is 0.769. The van der Waals surface area contributed by atoms with E-state index in [9.17, 15) is 14.4 Å². The molecule has 4 N–H and O–H groups in total. The predicted octanol–water partition coefficient (Wildman–Crippen LogP) is -0.160. The van der Waals surface area contributed by atoms with Gasteiger partial charge in [-0.05, 0) is 32.2 Å². The van der Waals surface area contributed by atoms with Crippen LogP contribution >= 0.6 is 0 Å². The third-order valence-corrected chi connectivity index (χ3v) is 4.17. The molecule has 0 aromatic heterocycles. The van der Waals surface area contributed by atoms with Gasteiger partial charge in [0.1, 0.15) is 6.04 Å². The van der Waals surface area contributed by atoms with Crippen molar-refractivity contribution in [1.82, 2.24) is 15.5 Å². The number of fused-ring (bicyclic) bond motifs is 1. The lowest BCUT2D eigenvalue weighted by Gasteiger charge is -2.22. The molecular formula is C13H21N3O5. The molecule has 118 valence electrons. The van der Waals surface area contributed by atoms with Crippen LogP contribution in [0.15, 0.2) is 0 Å². The Morgan fingerprint density at radius 1 is 1.19 bits per heavy atom. The molecule has 2 amide bonds. The fourth-order valence-corrected chi connectivity index (χ4v) is 3.14. The van der Waals surface area contributed by atoms with Crippen LogP contribution in [0.2, 0.25) is 0 Å². The largest absolute Gasteiger partial charge is 0.481 e. The summed E-state index contributed by atoms with van der Waals surface area (Å²) in [5.74, 6) is -2.30. The molecule has 2 rings (SSSR count). The van der Waals surface area contributed by atoms with Gasteiger partial charge in [-0.15, -0.1) is 0 Å². The summed E-state index contributed by atoms with van der Waals surface area (Å²) in [7, 11) is 0. The molecule has 0 spiro atoms. The third-order valence-electron chi connectivity index (χ3n) is 4.17. The number of nitrogens with one attached hydrogen (secondary N) is 2. The molecule has 0 aromatic carbocycles.